The molecule has 0 unspecified atom stereocenters. The maximum atomic E-state index is 4.31. The van der Waals surface area contributed by atoms with E-state index in [-0.39, 0.29) is 0 Å². The highest BCUT2D eigenvalue weighted by Crippen LogP contribution is 2.17. The smallest absolute Gasteiger partial charge is 0.134 e. The summed E-state index contributed by atoms with van der Waals surface area (Å²) in [5, 5.41) is 6.66. The van der Waals surface area contributed by atoms with Crippen molar-refractivity contribution < 1.29 is 0 Å². The number of hydrogen-bond acceptors (Lipinski definition) is 4. The van der Waals surface area contributed by atoms with Gasteiger partial charge in [-0.1, -0.05) is 39.0 Å². The Labute approximate surface area is 117 Å². The van der Waals surface area contributed by atoms with Crippen molar-refractivity contribution in [1.29, 1.82) is 0 Å². The molecule has 0 amide bonds. The molecule has 0 saturated carbocycles. The molecule has 2 N–H and O–H groups in total. The molecule has 0 aliphatic carbocycles. The van der Waals surface area contributed by atoms with Crippen LogP contribution in [-0.4, -0.2) is 23.1 Å². The van der Waals surface area contributed by atoms with Gasteiger partial charge in [0.2, 0.25) is 0 Å². The van der Waals surface area contributed by atoms with Gasteiger partial charge in [0, 0.05) is 18.7 Å². The zero-order valence-electron chi connectivity index (χ0n) is 12.6. The van der Waals surface area contributed by atoms with Crippen molar-refractivity contribution in [3.63, 3.8) is 0 Å². The molecule has 0 spiro atoms. The molecule has 1 aromatic heterocycles. The van der Waals surface area contributed by atoms with Crippen LogP contribution in [0, 0.1) is 6.92 Å². The molecule has 1 aromatic rings. The number of nitrogens with one attached hydrogen (secondary N) is 2. The molecule has 0 atom stereocenters. The topological polar surface area (TPSA) is 49.8 Å². The predicted octanol–water partition coefficient (Wildman–Crippen LogP) is 3.99. The van der Waals surface area contributed by atoms with E-state index >= 15 is 0 Å². The van der Waals surface area contributed by atoms with Gasteiger partial charge in [-0.3, -0.25) is 0 Å². The molecule has 0 radical (unpaired) electrons. The first-order valence-electron chi connectivity index (χ1n) is 7.58. The molecule has 0 aromatic carbocycles. The van der Waals surface area contributed by atoms with Crippen LogP contribution in [0.2, 0.25) is 0 Å². The van der Waals surface area contributed by atoms with Gasteiger partial charge < -0.3 is 10.6 Å². The zero-order chi connectivity index (χ0) is 13.9. The monoisotopic (exact) mass is 264 g/mol. The number of hydrogen-bond donors (Lipinski definition) is 2. The largest absolute Gasteiger partial charge is 0.370 e. The molecule has 4 heteroatoms. The number of unbranched alkanes of at least 4 members (excludes halogenated alkanes) is 5. The van der Waals surface area contributed by atoms with Crippen molar-refractivity contribution in [2.24, 2.45) is 0 Å². The van der Waals surface area contributed by atoms with Crippen molar-refractivity contribution >= 4 is 11.6 Å². The fraction of sp³-hybridized carbons (Fsp3) is 0.733. The standard InChI is InChI=1S/C15H28N4/c1-4-6-7-8-9-10-11-17-15-13(3)14(16-5-2)18-12-19-15/h12H,4-11H2,1-3H3,(H2,16,17,18,19). The van der Waals surface area contributed by atoms with Crippen molar-refractivity contribution in [2.75, 3.05) is 23.7 Å². The summed E-state index contributed by atoms with van der Waals surface area (Å²) >= 11 is 0. The predicted molar refractivity (Wildman–Crippen MR) is 82.8 cm³/mol. The summed E-state index contributed by atoms with van der Waals surface area (Å²) in [6.45, 7) is 8.26. The quantitative estimate of drug-likeness (QED) is 0.627. The van der Waals surface area contributed by atoms with Crippen LogP contribution in [0.1, 0.15) is 57.9 Å². The van der Waals surface area contributed by atoms with Gasteiger partial charge in [0.05, 0.1) is 0 Å². The van der Waals surface area contributed by atoms with Crippen LogP contribution in [0.15, 0.2) is 6.33 Å². The Morgan fingerprint density at radius 3 is 2.21 bits per heavy atom. The Bertz CT molecular complexity index is 352. The van der Waals surface area contributed by atoms with Crippen molar-refractivity contribution in [3.05, 3.63) is 11.9 Å². The number of nitrogens with zero attached hydrogens (tertiary/aromatic N) is 2. The lowest BCUT2D eigenvalue weighted by molar-refractivity contribution is 0.616. The Kier molecular flexibility index (Phi) is 7.94. The molecule has 1 rings (SSSR count). The second kappa shape index (κ2) is 9.59. The van der Waals surface area contributed by atoms with Gasteiger partial charge in [-0.05, 0) is 20.3 Å². The van der Waals surface area contributed by atoms with Crippen LogP contribution in [0.4, 0.5) is 11.6 Å². The van der Waals surface area contributed by atoms with Crippen molar-refractivity contribution in [3.8, 4) is 0 Å². The number of aromatic nitrogens is 2. The van der Waals surface area contributed by atoms with Gasteiger partial charge in [-0.15, -0.1) is 0 Å². The maximum absolute atomic E-state index is 4.31. The van der Waals surface area contributed by atoms with E-state index in [9.17, 15) is 0 Å². The lowest BCUT2D eigenvalue weighted by Crippen LogP contribution is -2.09. The van der Waals surface area contributed by atoms with Gasteiger partial charge in [0.1, 0.15) is 18.0 Å². The second-order valence-electron chi connectivity index (χ2n) is 4.92. The van der Waals surface area contributed by atoms with Crippen LogP contribution < -0.4 is 10.6 Å². The Balaban J connectivity index is 2.27. The lowest BCUT2D eigenvalue weighted by atomic mass is 10.1. The van der Waals surface area contributed by atoms with E-state index in [4.69, 9.17) is 0 Å². The molecule has 0 saturated heterocycles. The lowest BCUT2D eigenvalue weighted by Gasteiger charge is -2.11. The number of anilines is 2. The van der Waals surface area contributed by atoms with Gasteiger partial charge >= 0.3 is 0 Å². The average Bonchev–Trinajstić information content (AvgIpc) is 2.42. The van der Waals surface area contributed by atoms with E-state index in [2.05, 4.69) is 41.4 Å². The van der Waals surface area contributed by atoms with Crippen molar-refractivity contribution in [2.45, 2.75) is 59.3 Å². The van der Waals surface area contributed by atoms with Crippen LogP contribution in [-0.2, 0) is 0 Å². The van der Waals surface area contributed by atoms with Gasteiger partial charge in [0.25, 0.3) is 0 Å². The highest BCUT2D eigenvalue weighted by Gasteiger charge is 2.04. The third kappa shape index (κ3) is 5.90. The Morgan fingerprint density at radius 2 is 1.53 bits per heavy atom. The molecular formula is C15H28N4. The highest BCUT2D eigenvalue weighted by atomic mass is 15.1. The van der Waals surface area contributed by atoms with E-state index in [0.717, 1.165) is 30.3 Å². The van der Waals surface area contributed by atoms with Crippen molar-refractivity contribution in [1.82, 2.24) is 9.97 Å². The molecule has 108 valence electrons. The van der Waals surface area contributed by atoms with Crippen LogP contribution in [0.25, 0.3) is 0 Å². The summed E-state index contributed by atoms with van der Waals surface area (Å²) in [6.07, 6.45) is 9.53. The summed E-state index contributed by atoms with van der Waals surface area (Å²) in [6, 6.07) is 0. The Hall–Kier alpha value is -1.32. The highest BCUT2D eigenvalue weighted by molar-refractivity contribution is 5.56. The molecule has 19 heavy (non-hydrogen) atoms. The molecule has 0 bridgehead atoms. The molecule has 0 fully saturated rings. The number of rotatable bonds is 10. The minimum Gasteiger partial charge on any atom is -0.370 e. The van der Waals surface area contributed by atoms with Gasteiger partial charge in [-0.25, -0.2) is 9.97 Å². The first kappa shape index (κ1) is 15.7. The maximum Gasteiger partial charge on any atom is 0.134 e. The summed E-state index contributed by atoms with van der Waals surface area (Å²) < 4.78 is 0. The SMILES string of the molecule is CCCCCCCCNc1ncnc(NCC)c1C. The van der Waals surface area contributed by atoms with E-state index in [1.807, 2.05) is 0 Å². The third-order valence-corrected chi connectivity index (χ3v) is 3.25. The first-order valence-corrected chi connectivity index (χ1v) is 7.58. The fourth-order valence-corrected chi connectivity index (χ4v) is 2.09. The van der Waals surface area contributed by atoms with E-state index in [1.54, 1.807) is 6.33 Å². The van der Waals surface area contributed by atoms with Crippen LogP contribution in [0.5, 0.6) is 0 Å². The average molecular weight is 264 g/mol. The summed E-state index contributed by atoms with van der Waals surface area (Å²) in [4.78, 5) is 8.55. The zero-order valence-corrected chi connectivity index (χ0v) is 12.6. The molecular weight excluding hydrogens is 236 g/mol. The molecule has 0 aliphatic rings. The first-order chi connectivity index (χ1) is 9.29. The minimum atomic E-state index is 0.884. The normalized spacial score (nSPS) is 10.5. The summed E-state index contributed by atoms with van der Waals surface area (Å²) in [5.41, 5.74) is 1.11. The minimum absolute atomic E-state index is 0.884. The molecule has 1 heterocycles. The Morgan fingerprint density at radius 1 is 0.895 bits per heavy atom. The molecule has 4 nitrogen and oxygen atoms in total. The van der Waals surface area contributed by atoms with Crippen LogP contribution >= 0.6 is 0 Å². The van der Waals surface area contributed by atoms with E-state index < -0.39 is 0 Å². The van der Waals surface area contributed by atoms with E-state index in [1.165, 1.54) is 38.5 Å². The van der Waals surface area contributed by atoms with Gasteiger partial charge in [0.15, 0.2) is 0 Å². The third-order valence-electron chi connectivity index (χ3n) is 3.25. The van der Waals surface area contributed by atoms with E-state index in [0.29, 0.717) is 0 Å². The fourth-order valence-electron chi connectivity index (χ4n) is 2.09. The summed E-state index contributed by atoms with van der Waals surface area (Å²) in [5.74, 6) is 1.89. The molecule has 0 aliphatic heterocycles. The van der Waals surface area contributed by atoms with Crippen LogP contribution in [0.3, 0.4) is 0 Å². The summed E-state index contributed by atoms with van der Waals surface area (Å²) in [7, 11) is 0. The second-order valence-corrected chi connectivity index (χ2v) is 4.92. The van der Waals surface area contributed by atoms with Gasteiger partial charge in [-0.2, -0.15) is 0 Å².